The lowest BCUT2D eigenvalue weighted by molar-refractivity contribution is 0.497. The Morgan fingerprint density at radius 3 is 2.88 bits per heavy atom. The molecular weight excluding hydrogens is 208 g/mol. The van der Waals surface area contributed by atoms with Crippen LogP contribution in [0.15, 0.2) is 42.7 Å². The number of aryl methyl sites for hydroxylation is 1. The summed E-state index contributed by atoms with van der Waals surface area (Å²) in [4.78, 5) is 4.18. The predicted octanol–water partition coefficient (Wildman–Crippen LogP) is 2.73. The molecule has 0 fully saturated rings. The Balaban J connectivity index is 1.91. The molecule has 0 aliphatic heterocycles. The normalized spacial score (nSPS) is 19.3. The number of fused-ring (bicyclic) bond motifs is 1. The monoisotopic (exact) mass is 224 g/mol. The first kappa shape index (κ1) is 10.5. The third-order valence-corrected chi connectivity index (χ3v) is 3.77. The van der Waals surface area contributed by atoms with Crippen molar-refractivity contribution in [3.63, 3.8) is 0 Å². The van der Waals surface area contributed by atoms with Crippen LogP contribution in [-0.4, -0.2) is 4.98 Å². The highest BCUT2D eigenvalue weighted by Crippen LogP contribution is 2.42. The lowest BCUT2D eigenvalue weighted by Crippen LogP contribution is -2.29. The minimum atomic E-state index is 0.0681. The van der Waals surface area contributed by atoms with E-state index in [-0.39, 0.29) is 6.04 Å². The van der Waals surface area contributed by atoms with Crippen LogP contribution in [0.2, 0.25) is 0 Å². The average Bonchev–Trinajstić information content (AvgIpc) is 2.31. The van der Waals surface area contributed by atoms with Gasteiger partial charge in [-0.3, -0.25) is 4.98 Å². The summed E-state index contributed by atoms with van der Waals surface area (Å²) < 4.78 is 0. The van der Waals surface area contributed by atoms with E-state index in [9.17, 15) is 0 Å². The van der Waals surface area contributed by atoms with Gasteiger partial charge in [-0.2, -0.15) is 0 Å². The van der Waals surface area contributed by atoms with Crippen LogP contribution < -0.4 is 5.73 Å². The molecule has 0 saturated heterocycles. The fraction of sp³-hybridized carbons (Fsp3) is 0.267. The topological polar surface area (TPSA) is 38.9 Å². The molecule has 2 unspecified atom stereocenters. The summed E-state index contributed by atoms with van der Waals surface area (Å²) in [5.41, 5.74) is 11.6. The number of nitrogens with two attached hydrogens (primary N) is 1. The second kappa shape index (κ2) is 3.97. The van der Waals surface area contributed by atoms with Crippen molar-refractivity contribution >= 4 is 0 Å². The van der Waals surface area contributed by atoms with E-state index in [1.165, 1.54) is 22.3 Å². The second-order valence-electron chi connectivity index (χ2n) is 4.77. The first-order valence-corrected chi connectivity index (χ1v) is 6.01. The summed E-state index contributed by atoms with van der Waals surface area (Å²) in [6, 6.07) is 10.7. The molecule has 86 valence electrons. The summed E-state index contributed by atoms with van der Waals surface area (Å²) >= 11 is 0. The van der Waals surface area contributed by atoms with Crippen LogP contribution in [0, 0.1) is 6.92 Å². The molecule has 0 radical (unpaired) electrons. The molecular formula is C15H16N2. The Morgan fingerprint density at radius 2 is 2.12 bits per heavy atom. The van der Waals surface area contributed by atoms with E-state index in [1.807, 2.05) is 18.5 Å². The Bertz CT molecular complexity index is 548. The molecule has 2 heteroatoms. The van der Waals surface area contributed by atoms with E-state index in [0.717, 1.165) is 6.42 Å². The predicted molar refractivity (Wildman–Crippen MR) is 68.8 cm³/mol. The number of rotatable bonds is 2. The van der Waals surface area contributed by atoms with Crippen LogP contribution >= 0.6 is 0 Å². The molecule has 0 bridgehead atoms. The Hall–Kier alpha value is -1.67. The maximum atomic E-state index is 6.38. The molecule has 2 nitrogen and oxygen atoms in total. The molecule has 2 aromatic rings. The van der Waals surface area contributed by atoms with E-state index in [1.54, 1.807) is 0 Å². The molecule has 2 atom stereocenters. The molecule has 0 spiro atoms. The van der Waals surface area contributed by atoms with Crippen molar-refractivity contribution in [3.8, 4) is 0 Å². The largest absolute Gasteiger partial charge is 0.323 e. The third kappa shape index (κ3) is 1.65. The molecule has 0 saturated carbocycles. The zero-order valence-electron chi connectivity index (χ0n) is 9.93. The second-order valence-corrected chi connectivity index (χ2v) is 4.77. The number of aromatic nitrogens is 1. The van der Waals surface area contributed by atoms with E-state index in [0.29, 0.717) is 5.92 Å². The zero-order valence-corrected chi connectivity index (χ0v) is 9.93. The molecule has 1 aliphatic rings. The van der Waals surface area contributed by atoms with Gasteiger partial charge >= 0.3 is 0 Å². The quantitative estimate of drug-likeness (QED) is 0.851. The highest BCUT2D eigenvalue weighted by Gasteiger charge is 2.31. The van der Waals surface area contributed by atoms with E-state index in [2.05, 4.69) is 36.2 Å². The smallest absolute Gasteiger partial charge is 0.0385 e. The van der Waals surface area contributed by atoms with E-state index >= 15 is 0 Å². The van der Waals surface area contributed by atoms with Gasteiger partial charge in [0.25, 0.3) is 0 Å². The summed E-state index contributed by atoms with van der Waals surface area (Å²) in [5.74, 6) is 0.453. The number of hydrogen-bond acceptors (Lipinski definition) is 2. The number of pyridine rings is 1. The third-order valence-electron chi connectivity index (χ3n) is 3.77. The van der Waals surface area contributed by atoms with Gasteiger partial charge in [0.15, 0.2) is 0 Å². The molecule has 1 aliphatic carbocycles. The van der Waals surface area contributed by atoms with Crippen molar-refractivity contribution in [1.29, 1.82) is 0 Å². The molecule has 17 heavy (non-hydrogen) atoms. The van der Waals surface area contributed by atoms with Gasteiger partial charge in [0.05, 0.1) is 0 Å². The highest BCUT2D eigenvalue weighted by molar-refractivity contribution is 5.43. The number of benzene rings is 1. The average molecular weight is 224 g/mol. The Morgan fingerprint density at radius 1 is 1.29 bits per heavy atom. The molecule has 0 amide bonds. The summed E-state index contributed by atoms with van der Waals surface area (Å²) in [7, 11) is 0. The van der Waals surface area contributed by atoms with Gasteiger partial charge in [-0.05, 0) is 41.7 Å². The first-order valence-electron chi connectivity index (χ1n) is 6.01. The van der Waals surface area contributed by atoms with Crippen LogP contribution in [-0.2, 0) is 6.42 Å². The molecule has 1 aromatic carbocycles. The van der Waals surface area contributed by atoms with Crippen molar-refractivity contribution in [1.82, 2.24) is 4.98 Å². The fourth-order valence-electron chi connectivity index (χ4n) is 2.66. The standard InChI is InChI=1S/C15H16N2/c1-10-6-7-17-9-14(10)15(16)13-8-11-4-2-3-5-12(11)13/h2-7,9,13,15H,8,16H2,1H3. The van der Waals surface area contributed by atoms with Crippen molar-refractivity contribution in [3.05, 3.63) is 65.0 Å². The number of hydrogen-bond donors (Lipinski definition) is 1. The van der Waals surface area contributed by atoms with Crippen LogP contribution in [0.1, 0.15) is 34.2 Å². The highest BCUT2D eigenvalue weighted by atomic mass is 14.7. The van der Waals surface area contributed by atoms with Gasteiger partial charge in [-0.15, -0.1) is 0 Å². The Labute approximate surface area is 102 Å². The zero-order chi connectivity index (χ0) is 11.8. The van der Waals surface area contributed by atoms with Gasteiger partial charge in [0.2, 0.25) is 0 Å². The van der Waals surface area contributed by atoms with Crippen LogP contribution in [0.3, 0.4) is 0 Å². The van der Waals surface area contributed by atoms with E-state index in [4.69, 9.17) is 5.73 Å². The lowest BCUT2D eigenvalue weighted by Gasteiger charge is -2.35. The first-order chi connectivity index (χ1) is 8.27. The van der Waals surface area contributed by atoms with Gasteiger partial charge in [0, 0.05) is 24.4 Å². The molecule has 1 heterocycles. The molecule has 1 aromatic heterocycles. The maximum absolute atomic E-state index is 6.38. The van der Waals surface area contributed by atoms with Crippen molar-refractivity contribution in [2.45, 2.75) is 25.3 Å². The van der Waals surface area contributed by atoms with Crippen LogP contribution in [0.25, 0.3) is 0 Å². The van der Waals surface area contributed by atoms with Crippen molar-refractivity contribution in [2.24, 2.45) is 5.73 Å². The van der Waals surface area contributed by atoms with Crippen LogP contribution in [0.4, 0.5) is 0 Å². The molecule has 2 N–H and O–H groups in total. The van der Waals surface area contributed by atoms with E-state index < -0.39 is 0 Å². The summed E-state index contributed by atoms with van der Waals surface area (Å²) in [6.45, 7) is 2.10. The lowest BCUT2D eigenvalue weighted by atomic mass is 9.72. The minimum Gasteiger partial charge on any atom is -0.323 e. The van der Waals surface area contributed by atoms with Crippen molar-refractivity contribution in [2.75, 3.05) is 0 Å². The number of nitrogens with zero attached hydrogens (tertiary/aromatic N) is 1. The maximum Gasteiger partial charge on any atom is 0.0385 e. The van der Waals surface area contributed by atoms with Gasteiger partial charge < -0.3 is 5.73 Å². The fourth-order valence-corrected chi connectivity index (χ4v) is 2.66. The molecule has 3 rings (SSSR count). The van der Waals surface area contributed by atoms with Gasteiger partial charge in [-0.25, -0.2) is 0 Å². The van der Waals surface area contributed by atoms with Gasteiger partial charge in [0.1, 0.15) is 0 Å². The Kier molecular flexibility index (Phi) is 2.45. The SMILES string of the molecule is Cc1ccncc1C(N)C1Cc2ccccc21. The van der Waals surface area contributed by atoms with Crippen LogP contribution in [0.5, 0.6) is 0 Å². The summed E-state index contributed by atoms with van der Waals surface area (Å²) in [6.07, 6.45) is 4.81. The van der Waals surface area contributed by atoms with Crippen molar-refractivity contribution < 1.29 is 0 Å². The van der Waals surface area contributed by atoms with Gasteiger partial charge in [-0.1, -0.05) is 24.3 Å². The summed E-state index contributed by atoms with van der Waals surface area (Å²) in [5, 5.41) is 0. The minimum absolute atomic E-state index is 0.0681.